The summed E-state index contributed by atoms with van der Waals surface area (Å²) in [6.45, 7) is 3.20. The minimum Gasteiger partial charge on any atom is -0.306 e. The first-order chi connectivity index (χ1) is 8.34. The van der Waals surface area contributed by atoms with Gasteiger partial charge in [-0.2, -0.15) is 0 Å². The third-order valence-corrected chi connectivity index (χ3v) is 3.52. The van der Waals surface area contributed by atoms with Crippen molar-refractivity contribution in [1.82, 2.24) is 5.32 Å². The maximum absolute atomic E-state index is 3.61. The molecule has 0 radical (unpaired) electrons. The predicted octanol–water partition coefficient (Wildman–Crippen LogP) is 3.23. The average Bonchev–Trinajstić information content (AvgIpc) is 2.39. The number of aryl methyl sites for hydroxylation is 1. The fourth-order valence-electron chi connectivity index (χ4n) is 2.56. The first kappa shape index (κ1) is 10.5. The molecule has 0 unspecified atom stereocenters. The summed E-state index contributed by atoms with van der Waals surface area (Å²) in [5.41, 5.74) is 5.60. The monoisotopic (exact) mass is 223 g/mol. The standard InChI is InChI=1S/C16H17N/c1-12-6-8-14(9-7-12)16-15-5-3-2-4-13(15)10-11-17-16/h2-9,16-17H,10-11H2,1H3/t16-/m0/s1. The van der Waals surface area contributed by atoms with Crippen molar-refractivity contribution in [1.29, 1.82) is 0 Å². The Morgan fingerprint density at radius 1 is 1.00 bits per heavy atom. The normalized spacial score (nSPS) is 18.8. The average molecular weight is 223 g/mol. The van der Waals surface area contributed by atoms with Gasteiger partial charge in [-0.1, -0.05) is 54.1 Å². The minimum atomic E-state index is 0.362. The van der Waals surface area contributed by atoms with Gasteiger partial charge in [0.25, 0.3) is 0 Å². The van der Waals surface area contributed by atoms with Crippen LogP contribution in [0.15, 0.2) is 48.5 Å². The lowest BCUT2D eigenvalue weighted by Gasteiger charge is -2.27. The van der Waals surface area contributed by atoms with Gasteiger partial charge in [0.15, 0.2) is 0 Å². The van der Waals surface area contributed by atoms with Crippen molar-refractivity contribution < 1.29 is 0 Å². The first-order valence-corrected chi connectivity index (χ1v) is 6.22. The van der Waals surface area contributed by atoms with Gasteiger partial charge in [0.05, 0.1) is 6.04 Å². The molecule has 1 N–H and O–H groups in total. The SMILES string of the molecule is Cc1ccc([C@@H]2NCCc3ccccc32)cc1. The molecule has 0 bridgehead atoms. The van der Waals surface area contributed by atoms with Crippen LogP contribution < -0.4 is 5.32 Å². The van der Waals surface area contributed by atoms with Gasteiger partial charge in [-0.25, -0.2) is 0 Å². The maximum atomic E-state index is 3.61. The number of benzene rings is 2. The minimum absolute atomic E-state index is 0.362. The van der Waals surface area contributed by atoms with Crippen molar-refractivity contribution in [2.45, 2.75) is 19.4 Å². The van der Waals surface area contributed by atoms with Crippen molar-refractivity contribution in [3.05, 3.63) is 70.8 Å². The smallest absolute Gasteiger partial charge is 0.0579 e. The van der Waals surface area contributed by atoms with Gasteiger partial charge < -0.3 is 5.32 Å². The molecule has 0 saturated carbocycles. The largest absolute Gasteiger partial charge is 0.306 e. The zero-order valence-electron chi connectivity index (χ0n) is 10.1. The van der Waals surface area contributed by atoms with Gasteiger partial charge in [0.1, 0.15) is 0 Å². The van der Waals surface area contributed by atoms with Gasteiger partial charge in [0.2, 0.25) is 0 Å². The van der Waals surface area contributed by atoms with Gasteiger partial charge in [-0.3, -0.25) is 0 Å². The number of rotatable bonds is 1. The van der Waals surface area contributed by atoms with E-state index < -0.39 is 0 Å². The van der Waals surface area contributed by atoms with E-state index in [1.54, 1.807) is 0 Å². The van der Waals surface area contributed by atoms with Crippen LogP contribution in [0, 0.1) is 6.92 Å². The zero-order chi connectivity index (χ0) is 11.7. The lowest BCUT2D eigenvalue weighted by molar-refractivity contribution is 0.568. The molecular formula is C16H17N. The molecule has 1 heteroatoms. The van der Waals surface area contributed by atoms with Gasteiger partial charge in [-0.05, 0) is 30.0 Å². The topological polar surface area (TPSA) is 12.0 Å². The molecule has 0 aliphatic carbocycles. The summed E-state index contributed by atoms with van der Waals surface area (Å²) in [7, 11) is 0. The molecule has 3 rings (SSSR count). The van der Waals surface area contributed by atoms with Crippen molar-refractivity contribution >= 4 is 0 Å². The van der Waals surface area contributed by atoms with E-state index in [1.165, 1.54) is 22.3 Å². The van der Waals surface area contributed by atoms with E-state index >= 15 is 0 Å². The second-order valence-electron chi connectivity index (χ2n) is 4.75. The molecule has 0 fully saturated rings. The lowest BCUT2D eigenvalue weighted by Crippen LogP contribution is -2.30. The molecular weight excluding hydrogens is 206 g/mol. The Bertz CT molecular complexity index is 513. The Morgan fingerprint density at radius 3 is 2.59 bits per heavy atom. The summed E-state index contributed by atoms with van der Waals surface area (Å²) in [6.07, 6.45) is 1.14. The van der Waals surface area contributed by atoms with E-state index in [9.17, 15) is 0 Å². The molecule has 86 valence electrons. The number of nitrogens with one attached hydrogen (secondary N) is 1. The number of hydrogen-bond donors (Lipinski definition) is 1. The highest BCUT2D eigenvalue weighted by Crippen LogP contribution is 2.28. The van der Waals surface area contributed by atoms with Crippen LogP contribution in [-0.4, -0.2) is 6.54 Å². The molecule has 1 aliphatic rings. The molecule has 1 atom stereocenters. The predicted molar refractivity (Wildman–Crippen MR) is 71.2 cm³/mol. The highest BCUT2D eigenvalue weighted by molar-refractivity contribution is 5.40. The van der Waals surface area contributed by atoms with E-state index in [1.807, 2.05) is 0 Å². The van der Waals surface area contributed by atoms with Crippen LogP contribution >= 0.6 is 0 Å². The summed E-state index contributed by atoms with van der Waals surface area (Å²) in [5, 5.41) is 3.61. The molecule has 1 aliphatic heterocycles. The third kappa shape index (κ3) is 1.98. The molecule has 1 heterocycles. The van der Waals surface area contributed by atoms with Crippen molar-refractivity contribution in [3.63, 3.8) is 0 Å². The number of fused-ring (bicyclic) bond motifs is 1. The summed E-state index contributed by atoms with van der Waals surface area (Å²) in [5.74, 6) is 0. The van der Waals surface area contributed by atoms with Crippen LogP contribution in [0.25, 0.3) is 0 Å². The second-order valence-corrected chi connectivity index (χ2v) is 4.75. The van der Waals surface area contributed by atoms with Crippen molar-refractivity contribution in [2.24, 2.45) is 0 Å². The van der Waals surface area contributed by atoms with Crippen LogP contribution in [0.4, 0.5) is 0 Å². The van der Waals surface area contributed by atoms with E-state index in [2.05, 4.69) is 60.8 Å². The van der Waals surface area contributed by atoms with Gasteiger partial charge >= 0.3 is 0 Å². The highest BCUT2D eigenvalue weighted by Gasteiger charge is 2.20. The fourth-order valence-corrected chi connectivity index (χ4v) is 2.56. The molecule has 17 heavy (non-hydrogen) atoms. The van der Waals surface area contributed by atoms with E-state index in [0.717, 1.165) is 13.0 Å². The van der Waals surface area contributed by atoms with Crippen LogP contribution in [-0.2, 0) is 6.42 Å². The molecule has 2 aromatic rings. The van der Waals surface area contributed by atoms with E-state index in [0.29, 0.717) is 6.04 Å². The Morgan fingerprint density at radius 2 is 1.76 bits per heavy atom. The summed E-state index contributed by atoms with van der Waals surface area (Å²) in [6, 6.07) is 18.0. The second kappa shape index (κ2) is 4.34. The Kier molecular flexibility index (Phi) is 2.69. The van der Waals surface area contributed by atoms with Crippen molar-refractivity contribution in [2.75, 3.05) is 6.54 Å². The molecule has 0 aromatic heterocycles. The van der Waals surface area contributed by atoms with E-state index in [-0.39, 0.29) is 0 Å². The Hall–Kier alpha value is -1.60. The summed E-state index contributed by atoms with van der Waals surface area (Å²) >= 11 is 0. The lowest BCUT2D eigenvalue weighted by atomic mass is 9.90. The van der Waals surface area contributed by atoms with Crippen molar-refractivity contribution in [3.8, 4) is 0 Å². The molecule has 0 amide bonds. The van der Waals surface area contributed by atoms with Crippen LogP contribution in [0.1, 0.15) is 28.3 Å². The third-order valence-electron chi connectivity index (χ3n) is 3.52. The highest BCUT2D eigenvalue weighted by atomic mass is 14.9. The Labute approximate surface area is 102 Å². The van der Waals surface area contributed by atoms with Crippen LogP contribution in [0.5, 0.6) is 0 Å². The number of hydrogen-bond acceptors (Lipinski definition) is 1. The summed E-state index contributed by atoms with van der Waals surface area (Å²) in [4.78, 5) is 0. The van der Waals surface area contributed by atoms with E-state index in [4.69, 9.17) is 0 Å². The van der Waals surface area contributed by atoms with Gasteiger partial charge in [-0.15, -0.1) is 0 Å². The molecule has 0 spiro atoms. The molecule has 0 saturated heterocycles. The molecule has 2 aromatic carbocycles. The summed E-state index contributed by atoms with van der Waals surface area (Å²) < 4.78 is 0. The Balaban J connectivity index is 2.03. The molecule has 1 nitrogen and oxygen atoms in total. The fraction of sp³-hybridized carbons (Fsp3) is 0.250. The zero-order valence-corrected chi connectivity index (χ0v) is 10.1. The maximum Gasteiger partial charge on any atom is 0.0579 e. The van der Waals surface area contributed by atoms with Crippen LogP contribution in [0.2, 0.25) is 0 Å². The first-order valence-electron chi connectivity index (χ1n) is 6.22. The van der Waals surface area contributed by atoms with Gasteiger partial charge in [0, 0.05) is 6.54 Å². The quantitative estimate of drug-likeness (QED) is 0.782. The van der Waals surface area contributed by atoms with Crippen LogP contribution in [0.3, 0.4) is 0 Å².